The Morgan fingerprint density at radius 1 is 1.12 bits per heavy atom. The predicted octanol–water partition coefficient (Wildman–Crippen LogP) is 2.89. The number of carbonyl (C=O) groups is 4. The molecule has 1 aliphatic heterocycles. The number of ketones is 1. The minimum Gasteiger partial charge on any atom is -0.469 e. The molecule has 1 N–H and O–H groups in total. The summed E-state index contributed by atoms with van der Waals surface area (Å²) in [4.78, 5) is 53.3. The summed E-state index contributed by atoms with van der Waals surface area (Å²) in [7, 11) is 1.32. The van der Waals surface area contributed by atoms with Gasteiger partial charge in [-0.25, -0.2) is 0 Å². The van der Waals surface area contributed by atoms with Crippen molar-refractivity contribution < 1.29 is 33.8 Å². The Morgan fingerprint density at radius 3 is 2.18 bits per heavy atom. The quantitative estimate of drug-likeness (QED) is 0.547. The van der Waals surface area contributed by atoms with Gasteiger partial charge in [0.15, 0.2) is 5.78 Å². The zero-order valence-corrected chi connectivity index (χ0v) is 21.4. The first-order valence-electron chi connectivity index (χ1n) is 11.9. The van der Waals surface area contributed by atoms with E-state index in [-0.39, 0.29) is 43.4 Å². The van der Waals surface area contributed by atoms with E-state index in [0.717, 1.165) is 6.42 Å². The van der Waals surface area contributed by atoms with Gasteiger partial charge >= 0.3 is 11.9 Å². The number of β-amino-alcohol motifs (C(OH)–C–C–N with tert-alkyl or cyclic N) is 1. The van der Waals surface area contributed by atoms with Crippen molar-refractivity contribution in [3.63, 3.8) is 0 Å². The van der Waals surface area contributed by atoms with Crippen molar-refractivity contribution in [1.82, 2.24) is 4.90 Å². The van der Waals surface area contributed by atoms with Gasteiger partial charge in [-0.2, -0.15) is 0 Å². The first-order valence-corrected chi connectivity index (χ1v) is 11.9. The lowest BCUT2D eigenvalue weighted by Crippen LogP contribution is -2.48. The normalized spacial score (nSPS) is 28.3. The molecule has 0 aromatic rings. The van der Waals surface area contributed by atoms with Crippen LogP contribution in [0, 0.1) is 22.7 Å². The lowest BCUT2D eigenvalue weighted by Gasteiger charge is -2.35. The highest BCUT2D eigenvalue weighted by molar-refractivity contribution is 5.95. The SMILES string of the molecule is CC[C@@H]1C[C@]1(CC(=O)[C@@H]1C[C@@H](O)CN1C(=O)[C@@H](CC(=O)OC(C)(C)C)C(C)(C)C)C(=O)OC. The first kappa shape index (κ1) is 27.3. The minimum absolute atomic E-state index is 0.00834. The van der Waals surface area contributed by atoms with Crippen LogP contribution in [0.1, 0.15) is 80.6 Å². The van der Waals surface area contributed by atoms with Crippen LogP contribution in [-0.2, 0) is 28.7 Å². The smallest absolute Gasteiger partial charge is 0.312 e. The zero-order valence-electron chi connectivity index (χ0n) is 21.4. The third-order valence-electron chi connectivity index (χ3n) is 6.87. The second-order valence-corrected chi connectivity index (χ2v) is 11.7. The molecule has 8 heteroatoms. The highest BCUT2D eigenvalue weighted by atomic mass is 16.6. The van der Waals surface area contributed by atoms with Gasteiger partial charge in [0, 0.05) is 19.4 Å². The maximum Gasteiger partial charge on any atom is 0.312 e. The molecule has 0 aromatic heterocycles. The number of esters is 2. The fraction of sp³-hybridized carbons (Fsp3) is 0.840. The molecule has 1 saturated heterocycles. The topological polar surface area (TPSA) is 110 Å². The van der Waals surface area contributed by atoms with Crippen LogP contribution in [0.4, 0.5) is 0 Å². The van der Waals surface area contributed by atoms with Gasteiger partial charge in [0.2, 0.25) is 5.91 Å². The maximum absolute atomic E-state index is 13.6. The van der Waals surface area contributed by atoms with Crippen molar-refractivity contribution in [2.24, 2.45) is 22.7 Å². The Bertz CT molecular complexity index is 779. The predicted molar refractivity (Wildman–Crippen MR) is 122 cm³/mol. The Kier molecular flexibility index (Phi) is 8.04. The molecule has 0 radical (unpaired) electrons. The van der Waals surface area contributed by atoms with Crippen molar-refractivity contribution in [2.75, 3.05) is 13.7 Å². The van der Waals surface area contributed by atoms with E-state index >= 15 is 0 Å². The largest absolute Gasteiger partial charge is 0.469 e. The molecule has 1 aliphatic carbocycles. The van der Waals surface area contributed by atoms with Gasteiger partial charge < -0.3 is 19.5 Å². The number of aliphatic hydroxyl groups excluding tert-OH is 1. The molecule has 5 atom stereocenters. The van der Waals surface area contributed by atoms with Crippen molar-refractivity contribution in [2.45, 2.75) is 98.3 Å². The number of methoxy groups -OCH3 is 1. The van der Waals surface area contributed by atoms with E-state index < -0.39 is 46.4 Å². The van der Waals surface area contributed by atoms with Crippen LogP contribution in [-0.4, -0.2) is 65.0 Å². The van der Waals surface area contributed by atoms with Crippen molar-refractivity contribution in [3.8, 4) is 0 Å². The number of hydrogen-bond donors (Lipinski definition) is 1. The van der Waals surface area contributed by atoms with Gasteiger partial charge in [0.25, 0.3) is 0 Å². The average Bonchev–Trinajstić information content (AvgIpc) is 3.25. The highest BCUT2D eigenvalue weighted by Crippen LogP contribution is 2.58. The van der Waals surface area contributed by atoms with Crippen molar-refractivity contribution >= 4 is 23.6 Å². The van der Waals surface area contributed by atoms with Gasteiger partial charge in [-0.1, -0.05) is 34.1 Å². The summed E-state index contributed by atoms with van der Waals surface area (Å²) < 4.78 is 10.4. The van der Waals surface area contributed by atoms with Crippen molar-refractivity contribution in [3.05, 3.63) is 0 Å². The van der Waals surface area contributed by atoms with E-state index in [0.29, 0.717) is 6.42 Å². The Balaban J connectivity index is 2.23. The molecule has 0 aromatic carbocycles. The van der Waals surface area contributed by atoms with E-state index in [1.165, 1.54) is 12.0 Å². The summed E-state index contributed by atoms with van der Waals surface area (Å²) in [5, 5.41) is 10.3. The maximum atomic E-state index is 13.6. The molecular weight excluding hydrogens is 426 g/mol. The summed E-state index contributed by atoms with van der Waals surface area (Å²) in [5.41, 5.74) is -2.07. The van der Waals surface area contributed by atoms with Crippen molar-refractivity contribution in [1.29, 1.82) is 0 Å². The van der Waals surface area contributed by atoms with Crippen LogP contribution in [0.15, 0.2) is 0 Å². The third kappa shape index (κ3) is 6.34. The van der Waals surface area contributed by atoms with Crippen LogP contribution in [0.25, 0.3) is 0 Å². The summed E-state index contributed by atoms with van der Waals surface area (Å²) >= 11 is 0. The van der Waals surface area contributed by atoms with E-state index in [1.807, 2.05) is 27.7 Å². The Morgan fingerprint density at radius 2 is 1.73 bits per heavy atom. The molecule has 1 saturated carbocycles. The molecule has 0 unspecified atom stereocenters. The lowest BCUT2D eigenvalue weighted by atomic mass is 9.77. The Labute approximate surface area is 197 Å². The molecule has 2 aliphatic rings. The number of likely N-dealkylation sites (tertiary alicyclic amines) is 1. The van der Waals surface area contributed by atoms with Crippen LogP contribution >= 0.6 is 0 Å². The molecule has 2 fully saturated rings. The number of ether oxygens (including phenoxy) is 2. The number of amides is 1. The minimum atomic E-state index is -0.833. The monoisotopic (exact) mass is 467 g/mol. The molecule has 33 heavy (non-hydrogen) atoms. The summed E-state index contributed by atoms with van der Waals surface area (Å²) in [5.74, 6) is -2.10. The fourth-order valence-corrected chi connectivity index (χ4v) is 4.96. The number of rotatable bonds is 8. The van der Waals surface area contributed by atoms with E-state index in [2.05, 4.69) is 0 Å². The summed E-state index contributed by atoms with van der Waals surface area (Å²) in [6.07, 6.45) is 0.527. The molecule has 8 nitrogen and oxygen atoms in total. The van der Waals surface area contributed by atoms with E-state index in [9.17, 15) is 24.3 Å². The van der Waals surface area contributed by atoms with Gasteiger partial charge in [-0.05, 0) is 38.5 Å². The molecule has 0 bridgehead atoms. The van der Waals surface area contributed by atoms with Crippen LogP contribution in [0.2, 0.25) is 0 Å². The lowest BCUT2D eigenvalue weighted by molar-refractivity contribution is -0.161. The number of hydrogen-bond acceptors (Lipinski definition) is 7. The fourth-order valence-electron chi connectivity index (χ4n) is 4.96. The van der Waals surface area contributed by atoms with Crippen LogP contribution in [0.3, 0.4) is 0 Å². The van der Waals surface area contributed by atoms with Gasteiger partial charge in [0.1, 0.15) is 5.60 Å². The van der Waals surface area contributed by atoms with Gasteiger partial charge in [0.05, 0.1) is 37.0 Å². The molecule has 2 rings (SSSR count). The molecule has 0 spiro atoms. The van der Waals surface area contributed by atoms with Gasteiger partial charge in [-0.3, -0.25) is 19.2 Å². The van der Waals surface area contributed by atoms with E-state index in [4.69, 9.17) is 9.47 Å². The second-order valence-electron chi connectivity index (χ2n) is 11.7. The second kappa shape index (κ2) is 9.72. The number of nitrogens with zero attached hydrogens (tertiary/aromatic N) is 1. The summed E-state index contributed by atoms with van der Waals surface area (Å²) in [6.45, 7) is 12.9. The summed E-state index contributed by atoms with van der Waals surface area (Å²) in [6, 6.07) is -0.823. The van der Waals surface area contributed by atoms with Crippen LogP contribution < -0.4 is 0 Å². The standard InChI is InChI=1S/C25H41NO7/c1-9-15-12-25(15,22(31)32-8)13-19(28)18-10-16(27)14-26(18)21(30)17(23(2,3)4)11-20(29)33-24(5,6)7/h15-18,27H,9-14H2,1-8H3/t15-,16-,17-,18+,25-/m1/s1. The molecule has 1 amide bonds. The number of aliphatic hydroxyl groups is 1. The Hall–Kier alpha value is -1.96. The molecule has 188 valence electrons. The zero-order chi connectivity index (χ0) is 25.4. The average molecular weight is 468 g/mol. The molecule has 1 heterocycles. The third-order valence-corrected chi connectivity index (χ3v) is 6.87. The number of Topliss-reactive ketones (excluding diaryl/α,β-unsaturated/α-hetero) is 1. The number of carbonyl (C=O) groups excluding carboxylic acids is 4. The first-order chi connectivity index (χ1) is 15.1. The van der Waals surface area contributed by atoms with Crippen LogP contribution in [0.5, 0.6) is 0 Å². The van der Waals surface area contributed by atoms with Gasteiger partial charge in [-0.15, -0.1) is 0 Å². The highest BCUT2D eigenvalue weighted by Gasteiger charge is 2.61. The van der Waals surface area contributed by atoms with E-state index in [1.54, 1.807) is 20.8 Å². The molecular formula is C25H41NO7.